The van der Waals surface area contributed by atoms with Gasteiger partial charge in [0.05, 0.1) is 18.0 Å². The summed E-state index contributed by atoms with van der Waals surface area (Å²) in [4.78, 5) is 3.98. The van der Waals surface area contributed by atoms with Gasteiger partial charge in [-0.25, -0.2) is 18.1 Å². The molecule has 9 heteroatoms. The summed E-state index contributed by atoms with van der Waals surface area (Å²) in [5.74, 6) is 0.364. The van der Waals surface area contributed by atoms with E-state index in [9.17, 15) is 13.5 Å². The van der Waals surface area contributed by atoms with E-state index >= 15 is 0 Å². The average molecular weight is 331 g/mol. The van der Waals surface area contributed by atoms with Crippen molar-refractivity contribution in [2.24, 2.45) is 7.05 Å². The molecule has 0 spiro atoms. The predicted octanol–water partition coefficient (Wildman–Crippen LogP) is 0.748. The lowest BCUT2D eigenvalue weighted by molar-refractivity contribution is 0.280. The third-order valence-electron chi connectivity index (χ3n) is 2.96. The quantitative estimate of drug-likeness (QED) is 0.843. The van der Waals surface area contributed by atoms with Gasteiger partial charge in [-0.05, 0) is 30.2 Å². The number of aliphatic hydroxyl groups excluding tert-OH is 1. The Morgan fingerprint density at radius 3 is 2.71 bits per heavy atom. The monoisotopic (exact) mass is 330 g/mol. The Hall–Kier alpha value is -1.48. The molecule has 1 aromatic heterocycles. The van der Waals surface area contributed by atoms with E-state index < -0.39 is 10.0 Å². The fourth-order valence-electron chi connectivity index (χ4n) is 1.85. The molecule has 1 aromatic carbocycles. The van der Waals surface area contributed by atoms with Crippen molar-refractivity contribution >= 4 is 21.6 Å². The lowest BCUT2D eigenvalue weighted by Gasteiger charge is -2.12. The van der Waals surface area contributed by atoms with Crippen molar-refractivity contribution in [3.05, 3.63) is 40.4 Å². The first kappa shape index (κ1) is 15.9. The maximum Gasteiger partial charge on any atom is 0.241 e. The SMILES string of the molecule is Cc1c(CO)cc(Cl)cc1S(=O)(=O)NCc1ncn(C)n1. The van der Waals surface area contributed by atoms with Crippen LogP contribution in [0.4, 0.5) is 0 Å². The second-order valence-electron chi connectivity index (χ2n) is 4.51. The lowest BCUT2D eigenvalue weighted by atomic mass is 10.1. The fraction of sp³-hybridized carbons (Fsp3) is 0.333. The minimum atomic E-state index is -3.77. The first-order chi connectivity index (χ1) is 9.83. The first-order valence-electron chi connectivity index (χ1n) is 6.07. The van der Waals surface area contributed by atoms with E-state index in [1.807, 2.05) is 0 Å². The number of rotatable bonds is 5. The smallest absolute Gasteiger partial charge is 0.241 e. The number of aliphatic hydroxyl groups is 1. The zero-order valence-corrected chi connectivity index (χ0v) is 13.1. The Morgan fingerprint density at radius 1 is 1.43 bits per heavy atom. The molecule has 0 atom stereocenters. The van der Waals surface area contributed by atoms with Crippen LogP contribution >= 0.6 is 11.6 Å². The molecule has 0 aliphatic rings. The number of hydrogen-bond donors (Lipinski definition) is 2. The highest BCUT2D eigenvalue weighted by atomic mass is 35.5. The van der Waals surface area contributed by atoms with Gasteiger partial charge in [0.1, 0.15) is 6.33 Å². The maximum atomic E-state index is 12.3. The predicted molar refractivity (Wildman–Crippen MR) is 77.1 cm³/mol. The fourth-order valence-corrected chi connectivity index (χ4v) is 3.45. The van der Waals surface area contributed by atoms with Crippen molar-refractivity contribution in [1.29, 1.82) is 0 Å². The largest absolute Gasteiger partial charge is 0.392 e. The van der Waals surface area contributed by atoms with Crippen LogP contribution in [0.25, 0.3) is 0 Å². The Labute approximate surface area is 127 Å². The molecule has 1 heterocycles. The normalized spacial score (nSPS) is 11.8. The van der Waals surface area contributed by atoms with Crippen molar-refractivity contribution < 1.29 is 13.5 Å². The van der Waals surface area contributed by atoms with Crippen LogP contribution in [0.1, 0.15) is 17.0 Å². The van der Waals surface area contributed by atoms with Gasteiger partial charge < -0.3 is 5.11 Å². The van der Waals surface area contributed by atoms with Gasteiger partial charge in [0.25, 0.3) is 0 Å². The van der Waals surface area contributed by atoms with Gasteiger partial charge in [0, 0.05) is 12.1 Å². The van der Waals surface area contributed by atoms with Crippen LogP contribution in [0.3, 0.4) is 0 Å². The van der Waals surface area contributed by atoms with Gasteiger partial charge in [0.2, 0.25) is 10.0 Å². The minimum absolute atomic E-state index is 0.0242. The molecular weight excluding hydrogens is 316 g/mol. The number of aryl methyl sites for hydroxylation is 1. The van der Waals surface area contributed by atoms with E-state index in [0.717, 1.165) is 0 Å². The molecule has 0 aliphatic heterocycles. The van der Waals surface area contributed by atoms with E-state index in [1.54, 1.807) is 14.0 Å². The molecule has 0 saturated heterocycles. The number of nitrogens with one attached hydrogen (secondary N) is 1. The Kier molecular flexibility index (Phi) is 4.62. The van der Waals surface area contributed by atoms with E-state index in [2.05, 4.69) is 14.8 Å². The summed E-state index contributed by atoms with van der Waals surface area (Å²) in [7, 11) is -2.08. The zero-order valence-electron chi connectivity index (χ0n) is 11.5. The summed E-state index contributed by atoms with van der Waals surface area (Å²) in [6, 6.07) is 2.89. The van der Waals surface area contributed by atoms with Gasteiger partial charge >= 0.3 is 0 Å². The second kappa shape index (κ2) is 6.10. The molecule has 0 bridgehead atoms. The summed E-state index contributed by atoms with van der Waals surface area (Å²) in [6.45, 7) is 1.32. The molecule has 7 nitrogen and oxygen atoms in total. The number of benzene rings is 1. The van der Waals surface area contributed by atoms with E-state index in [1.165, 1.54) is 23.1 Å². The van der Waals surface area contributed by atoms with Crippen LogP contribution in [0.2, 0.25) is 5.02 Å². The highest BCUT2D eigenvalue weighted by molar-refractivity contribution is 7.89. The number of aromatic nitrogens is 3. The van der Waals surface area contributed by atoms with Crippen LogP contribution in [-0.4, -0.2) is 28.3 Å². The summed E-state index contributed by atoms with van der Waals surface area (Å²) in [6.07, 6.45) is 1.48. The average Bonchev–Trinajstić information content (AvgIpc) is 2.84. The number of halogens is 1. The van der Waals surface area contributed by atoms with Crippen molar-refractivity contribution in [3.8, 4) is 0 Å². The third-order valence-corrected chi connectivity index (χ3v) is 4.71. The van der Waals surface area contributed by atoms with Crippen LogP contribution < -0.4 is 4.72 Å². The minimum Gasteiger partial charge on any atom is -0.392 e. The van der Waals surface area contributed by atoms with Crippen molar-refractivity contribution in [2.75, 3.05) is 0 Å². The number of sulfonamides is 1. The summed E-state index contributed by atoms with van der Waals surface area (Å²) < 4.78 is 28.6. The number of hydrogen-bond acceptors (Lipinski definition) is 5. The molecule has 0 saturated carbocycles. The Bertz CT molecular complexity index is 758. The van der Waals surface area contributed by atoms with Gasteiger partial charge in [0.15, 0.2) is 5.82 Å². The molecule has 114 valence electrons. The van der Waals surface area contributed by atoms with Crippen LogP contribution in [0.15, 0.2) is 23.4 Å². The first-order valence-corrected chi connectivity index (χ1v) is 7.93. The van der Waals surface area contributed by atoms with Gasteiger partial charge in [-0.2, -0.15) is 5.10 Å². The topological polar surface area (TPSA) is 97.1 Å². The molecule has 0 amide bonds. The molecule has 0 radical (unpaired) electrons. The molecular formula is C12H15ClN4O3S. The molecule has 0 aliphatic carbocycles. The maximum absolute atomic E-state index is 12.3. The second-order valence-corrected chi connectivity index (χ2v) is 6.68. The Morgan fingerprint density at radius 2 is 2.14 bits per heavy atom. The molecule has 0 unspecified atom stereocenters. The molecule has 0 fully saturated rings. The highest BCUT2D eigenvalue weighted by Crippen LogP contribution is 2.24. The third kappa shape index (κ3) is 3.59. The molecule has 2 aromatic rings. The zero-order chi connectivity index (χ0) is 15.6. The number of nitrogens with zero attached hydrogens (tertiary/aromatic N) is 3. The van der Waals surface area contributed by atoms with Gasteiger partial charge in [-0.15, -0.1) is 0 Å². The molecule has 2 N–H and O–H groups in total. The summed E-state index contributed by atoms with van der Waals surface area (Å²) in [5, 5.41) is 13.5. The standard InChI is InChI=1S/C12H15ClN4O3S/c1-8-9(6-18)3-10(13)4-11(8)21(19,20)15-5-12-14-7-17(2)16-12/h3-4,7,15,18H,5-6H2,1-2H3. The van der Waals surface area contributed by atoms with Crippen molar-refractivity contribution in [3.63, 3.8) is 0 Å². The molecule has 2 rings (SSSR count). The lowest BCUT2D eigenvalue weighted by Crippen LogP contribution is -2.25. The van der Waals surface area contributed by atoms with E-state index in [-0.39, 0.29) is 23.1 Å². The van der Waals surface area contributed by atoms with E-state index in [4.69, 9.17) is 11.6 Å². The summed E-state index contributed by atoms with van der Waals surface area (Å²) >= 11 is 5.90. The van der Waals surface area contributed by atoms with Gasteiger partial charge in [-0.3, -0.25) is 4.68 Å². The Balaban J connectivity index is 2.29. The van der Waals surface area contributed by atoms with E-state index in [0.29, 0.717) is 17.0 Å². The van der Waals surface area contributed by atoms with Crippen LogP contribution in [-0.2, 0) is 30.2 Å². The van der Waals surface area contributed by atoms with Gasteiger partial charge in [-0.1, -0.05) is 11.6 Å². The molecule has 21 heavy (non-hydrogen) atoms. The highest BCUT2D eigenvalue weighted by Gasteiger charge is 2.20. The van der Waals surface area contributed by atoms with Crippen molar-refractivity contribution in [2.45, 2.75) is 25.0 Å². The van der Waals surface area contributed by atoms with Crippen molar-refractivity contribution in [1.82, 2.24) is 19.5 Å². The van der Waals surface area contributed by atoms with Crippen LogP contribution in [0.5, 0.6) is 0 Å². The van der Waals surface area contributed by atoms with Crippen LogP contribution in [0, 0.1) is 6.92 Å². The summed E-state index contributed by atoms with van der Waals surface area (Å²) in [5.41, 5.74) is 0.933.